The van der Waals surface area contributed by atoms with Crippen LogP contribution in [-0.4, -0.2) is 0 Å². The number of unbranched alkanes of at least 4 members (excludes halogenated alkanes) is 10. The van der Waals surface area contributed by atoms with E-state index in [1.165, 1.54) is 112 Å². The lowest BCUT2D eigenvalue weighted by Crippen LogP contribution is -1.93. The predicted octanol–water partition coefficient (Wildman–Crippen LogP) is 10.8. The Bertz CT molecular complexity index is 635. The van der Waals surface area contributed by atoms with Gasteiger partial charge in [-0.05, 0) is 74.9 Å². The van der Waals surface area contributed by atoms with Crippen molar-refractivity contribution in [1.82, 2.24) is 0 Å². The molecular weight excluding hydrogens is 398 g/mol. The lowest BCUT2D eigenvalue weighted by atomic mass is 10.0. The number of hydrogen-bond acceptors (Lipinski definition) is 1. The van der Waals surface area contributed by atoms with E-state index in [0.717, 1.165) is 0 Å². The van der Waals surface area contributed by atoms with Crippen LogP contribution in [0.1, 0.15) is 116 Å². The van der Waals surface area contributed by atoms with Crippen molar-refractivity contribution in [3.8, 4) is 0 Å². The van der Waals surface area contributed by atoms with Gasteiger partial charge in [0, 0.05) is 11.4 Å². The molecule has 0 saturated heterocycles. The minimum absolute atomic E-state index is 1.18. The van der Waals surface area contributed by atoms with Gasteiger partial charge in [-0.25, -0.2) is 0 Å². The predicted molar refractivity (Wildman–Crippen MR) is 151 cm³/mol. The molecule has 0 spiro atoms. The largest absolute Gasteiger partial charge is 0.356 e. The number of allylic oxidation sites excluding steroid dienone is 2. The summed E-state index contributed by atoms with van der Waals surface area (Å²) in [5.74, 6) is 0. The van der Waals surface area contributed by atoms with Crippen LogP contribution < -0.4 is 5.32 Å². The molecular formula is C32H51N. The summed E-state index contributed by atoms with van der Waals surface area (Å²) in [6.45, 7) is 8.56. The monoisotopic (exact) mass is 449 g/mol. The molecule has 0 aliphatic carbocycles. The Morgan fingerprint density at radius 1 is 0.485 bits per heavy atom. The van der Waals surface area contributed by atoms with Crippen LogP contribution in [-0.2, 0) is 12.8 Å². The fourth-order valence-corrected chi connectivity index (χ4v) is 3.90. The van der Waals surface area contributed by atoms with E-state index in [2.05, 4.69) is 67.7 Å². The van der Waals surface area contributed by atoms with E-state index in [0.29, 0.717) is 0 Å². The van der Waals surface area contributed by atoms with E-state index < -0.39 is 0 Å². The first-order valence-electron chi connectivity index (χ1n) is 13.8. The van der Waals surface area contributed by atoms with Gasteiger partial charge in [-0.3, -0.25) is 0 Å². The van der Waals surface area contributed by atoms with Gasteiger partial charge in [0.15, 0.2) is 0 Å². The lowest BCUT2D eigenvalue weighted by molar-refractivity contribution is 0.607. The Morgan fingerprint density at radius 3 is 1.15 bits per heavy atom. The zero-order valence-electron chi connectivity index (χ0n) is 22.2. The Kier molecular flexibility index (Phi) is 18.1. The number of rotatable bonds is 16. The lowest BCUT2D eigenvalue weighted by Gasteiger charge is -2.09. The normalized spacial score (nSPS) is 10.8. The second-order valence-electron chi connectivity index (χ2n) is 9.22. The number of benzene rings is 2. The molecule has 2 rings (SSSR count). The first-order valence-corrected chi connectivity index (χ1v) is 13.8. The molecule has 0 unspecified atom stereocenters. The number of nitrogens with one attached hydrogen (secondary N) is 1. The van der Waals surface area contributed by atoms with Crippen LogP contribution in [0.25, 0.3) is 0 Å². The molecule has 2 aromatic rings. The van der Waals surface area contributed by atoms with Crippen LogP contribution in [0.2, 0.25) is 0 Å². The number of anilines is 2. The highest BCUT2D eigenvalue weighted by molar-refractivity contribution is 5.60. The smallest absolute Gasteiger partial charge is 0.0384 e. The average Bonchev–Trinajstić information content (AvgIpc) is 2.85. The molecule has 2 aromatic carbocycles. The Hall–Kier alpha value is -2.02. The van der Waals surface area contributed by atoms with Crippen LogP contribution in [0.15, 0.2) is 60.7 Å². The van der Waals surface area contributed by atoms with Crippen molar-refractivity contribution >= 4 is 11.4 Å². The molecule has 1 nitrogen and oxygen atoms in total. The van der Waals surface area contributed by atoms with Gasteiger partial charge in [0.1, 0.15) is 0 Å². The third-order valence-electron chi connectivity index (χ3n) is 6.17. The second kappa shape index (κ2) is 20.6. The molecule has 184 valence electrons. The molecule has 1 heteroatoms. The van der Waals surface area contributed by atoms with Gasteiger partial charge in [-0.2, -0.15) is 0 Å². The summed E-state index contributed by atoms with van der Waals surface area (Å²) in [4.78, 5) is 0. The molecule has 0 heterocycles. The molecule has 1 N–H and O–H groups in total. The minimum Gasteiger partial charge on any atom is -0.356 e. The maximum atomic E-state index is 3.54. The quantitative estimate of drug-likeness (QED) is 0.198. The van der Waals surface area contributed by atoms with Gasteiger partial charge in [-0.15, -0.1) is 0 Å². The van der Waals surface area contributed by atoms with E-state index in [1.807, 2.05) is 26.0 Å². The van der Waals surface area contributed by atoms with Crippen LogP contribution in [0.5, 0.6) is 0 Å². The van der Waals surface area contributed by atoms with Gasteiger partial charge < -0.3 is 5.32 Å². The maximum absolute atomic E-state index is 3.54. The summed E-state index contributed by atoms with van der Waals surface area (Å²) in [5.41, 5.74) is 5.28. The van der Waals surface area contributed by atoms with Crippen LogP contribution in [0.3, 0.4) is 0 Å². The zero-order chi connectivity index (χ0) is 24.0. The van der Waals surface area contributed by atoms with Crippen LogP contribution in [0, 0.1) is 0 Å². The van der Waals surface area contributed by atoms with E-state index >= 15 is 0 Å². The van der Waals surface area contributed by atoms with Crippen molar-refractivity contribution in [2.75, 3.05) is 5.32 Å². The van der Waals surface area contributed by atoms with Gasteiger partial charge in [0.05, 0.1) is 0 Å². The van der Waals surface area contributed by atoms with E-state index in [4.69, 9.17) is 0 Å². The van der Waals surface area contributed by atoms with Crippen molar-refractivity contribution < 1.29 is 0 Å². The van der Waals surface area contributed by atoms with Crippen LogP contribution >= 0.6 is 0 Å². The average molecular weight is 450 g/mol. The molecule has 0 aliphatic rings. The highest BCUT2D eigenvalue weighted by atomic mass is 14.9. The minimum atomic E-state index is 1.18. The molecule has 0 amide bonds. The van der Waals surface area contributed by atoms with E-state index in [-0.39, 0.29) is 0 Å². The highest BCUT2D eigenvalue weighted by Gasteiger charge is 1.99. The van der Waals surface area contributed by atoms with E-state index in [9.17, 15) is 0 Å². The van der Waals surface area contributed by atoms with Crippen molar-refractivity contribution in [3.05, 3.63) is 71.8 Å². The first kappa shape index (κ1) is 29.0. The summed E-state index contributed by atoms with van der Waals surface area (Å²) in [6, 6.07) is 18.0. The highest BCUT2D eigenvalue weighted by Crippen LogP contribution is 2.20. The molecule has 0 saturated carbocycles. The van der Waals surface area contributed by atoms with Gasteiger partial charge >= 0.3 is 0 Å². The van der Waals surface area contributed by atoms with Crippen LogP contribution in [0.4, 0.5) is 11.4 Å². The van der Waals surface area contributed by atoms with Crippen molar-refractivity contribution in [2.45, 2.75) is 118 Å². The Balaban J connectivity index is 0.00000125. The molecule has 33 heavy (non-hydrogen) atoms. The molecule has 0 atom stereocenters. The first-order chi connectivity index (χ1) is 16.2. The zero-order valence-corrected chi connectivity index (χ0v) is 22.2. The summed E-state index contributed by atoms with van der Waals surface area (Å²) in [6.07, 6.45) is 22.8. The van der Waals surface area contributed by atoms with Crippen molar-refractivity contribution in [3.63, 3.8) is 0 Å². The summed E-state index contributed by atoms with van der Waals surface area (Å²) >= 11 is 0. The molecule has 0 aromatic heterocycles. The molecule has 0 aliphatic heterocycles. The molecule has 0 bridgehead atoms. The fraction of sp³-hybridized carbons (Fsp3) is 0.562. The topological polar surface area (TPSA) is 12.0 Å². The number of hydrogen-bond donors (Lipinski definition) is 1. The molecule has 0 fully saturated rings. The summed E-state index contributed by atoms with van der Waals surface area (Å²) in [7, 11) is 0. The standard InChI is InChI=1S/C28H43N.C4H8/c1-3-5-7-9-11-13-15-25-17-21-27(22-18-25)29-28-23-19-26(20-24-28)16-14-12-10-8-6-4-2;1-3-4-2/h17-24,29H,3-16H2,1-2H3;3-4H,1-2H3/b;4-3-. The number of aryl methyl sites for hydroxylation is 2. The van der Waals surface area contributed by atoms with Crippen molar-refractivity contribution in [1.29, 1.82) is 0 Å². The summed E-state index contributed by atoms with van der Waals surface area (Å²) < 4.78 is 0. The molecule has 0 radical (unpaired) electrons. The second-order valence-corrected chi connectivity index (χ2v) is 9.22. The van der Waals surface area contributed by atoms with Crippen molar-refractivity contribution in [2.24, 2.45) is 0 Å². The fourth-order valence-electron chi connectivity index (χ4n) is 3.90. The van der Waals surface area contributed by atoms with Gasteiger partial charge in [-0.1, -0.05) is 114 Å². The third-order valence-corrected chi connectivity index (χ3v) is 6.17. The van der Waals surface area contributed by atoms with Gasteiger partial charge in [0.2, 0.25) is 0 Å². The third kappa shape index (κ3) is 15.4. The SMILES string of the molecule is C/C=C\C.CCCCCCCCc1ccc(Nc2ccc(CCCCCCCC)cc2)cc1. The maximum Gasteiger partial charge on any atom is 0.0384 e. The Labute approximate surface area is 206 Å². The Morgan fingerprint density at radius 2 is 0.818 bits per heavy atom. The van der Waals surface area contributed by atoms with Gasteiger partial charge in [0.25, 0.3) is 0 Å². The summed E-state index contributed by atoms with van der Waals surface area (Å²) in [5, 5.41) is 3.54. The van der Waals surface area contributed by atoms with E-state index in [1.54, 1.807) is 0 Å².